The third-order valence-electron chi connectivity index (χ3n) is 3.13. The summed E-state index contributed by atoms with van der Waals surface area (Å²) < 4.78 is 5.12. The van der Waals surface area contributed by atoms with Crippen LogP contribution in [0.1, 0.15) is 45.7 Å². The van der Waals surface area contributed by atoms with E-state index in [0.717, 1.165) is 0 Å². The van der Waals surface area contributed by atoms with Gasteiger partial charge in [0.2, 0.25) is 5.91 Å². The van der Waals surface area contributed by atoms with E-state index in [2.05, 4.69) is 5.32 Å². The summed E-state index contributed by atoms with van der Waals surface area (Å²) in [7, 11) is 0. The minimum absolute atomic E-state index is 0.137. The fourth-order valence-electron chi connectivity index (χ4n) is 2.14. The number of esters is 1. The van der Waals surface area contributed by atoms with Crippen LogP contribution >= 0.6 is 11.8 Å². The molecular formula is C17H24N2O5S. The molecule has 138 valence electrons. The fraction of sp³-hybridized carbons (Fsp3) is 0.529. The maximum absolute atomic E-state index is 12.2. The monoisotopic (exact) mass is 368 g/mol. The number of hydrogen-bond acceptors (Lipinski definition) is 6. The minimum Gasteiger partial charge on any atom is -0.463 e. The van der Waals surface area contributed by atoms with Gasteiger partial charge in [-0.1, -0.05) is 32.0 Å². The van der Waals surface area contributed by atoms with Crippen molar-refractivity contribution in [3.63, 3.8) is 0 Å². The quantitative estimate of drug-likeness (QED) is 0.408. The first kappa shape index (κ1) is 21.0. The summed E-state index contributed by atoms with van der Waals surface area (Å²) in [5, 5.41) is 14.3. The van der Waals surface area contributed by atoms with Crippen molar-refractivity contribution in [3.8, 4) is 0 Å². The Balaban J connectivity index is 3.01. The predicted molar refractivity (Wildman–Crippen MR) is 97.4 cm³/mol. The van der Waals surface area contributed by atoms with Crippen LogP contribution in [0.2, 0.25) is 0 Å². The zero-order valence-electron chi connectivity index (χ0n) is 14.9. The normalized spacial score (nSPS) is 12.1. The van der Waals surface area contributed by atoms with Crippen LogP contribution in [-0.2, 0) is 14.3 Å². The zero-order chi connectivity index (χ0) is 19.0. The lowest BCUT2D eigenvalue weighted by molar-refractivity contribution is -0.385. The second kappa shape index (κ2) is 10.0. The Hall–Kier alpha value is -2.09. The first-order valence-electron chi connectivity index (χ1n) is 8.04. The number of nitrogens with one attached hydrogen (secondary N) is 1. The summed E-state index contributed by atoms with van der Waals surface area (Å²) in [6.45, 7) is 7.38. The summed E-state index contributed by atoms with van der Waals surface area (Å²) >= 11 is 1.45. The zero-order valence-corrected chi connectivity index (χ0v) is 15.7. The molecule has 0 heterocycles. The average Bonchev–Trinajstić information content (AvgIpc) is 2.51. The number of nitro groups is 1. The van der Waals surface area contributed by atoms with Gasteiger partial charge in [0.25, 0.3) is 5.69 Å². The third-order valence-corrected chi connectivity index (χ3v) is 4.23. The highest BCUT2D eigenvalue weighted by Gasteiger charge is 2.26. The van der Waals surface area contributed by atoms with E-state index in [1.807, 2.05) is 13.8 Å². The van der Waals surface area contributed by atoms with Crippen molar-refractivity contribution in [1.82, 2.24) is 5.32 Å². The first-order valence-corrected chi connectivity index (χ1v) is 9.09. The van der Waals surface area contributed by atoms with Crippen LogP contribution in [0.15, 0.2) is 24.3 Å². The van der Waals surface area contributed by atoms with Crippen LogP contribution < -0.4 is 5.32 Å². The third kappa shape index (κ3) is 7.55. The van der Waals surface area contributed by atoms with E-state index in [9.17, 15) is 19.7 Å². The van der Waals surface area contributed by atoms with Gasteiger partial charge in [0.05, 0.1) is 34.8 Å². The molecule has 0 bridgehead atoms. The Morgan fingerprint density at radius 3 is 2.44 bits per heavy atom. The molecule has 25 heavy (non-hydrogen) atoms. The first-order chi connectivity index (χ1) is 11.7. The highest BCUT2D eigenvalue weighted by atomic mass is 32.2. The Kier molecular flexibility index (Phi) is 8.40. The number of rotatable bonds is 9. The Labute approximate surface area is 151 Å². The van der Waals surface area contributed by atoms with Crippen LogP contribution in [0.4, 0.5) is 5.69 Å². The summed E-state index contributed by atoms with van der Waals surface area (Å²) in [5.41, 5.74) is 0.151. The number of ether oxygens (including phenoxy) is 1. The van der Waals surface area contributed by atoms with Gasteiger partial charge in [0, 0.05) is 6.07 Å². The SMILES string of the molecule is CC(C)OC(=O)CC(NC(=O)CSC(C)C)c1ccccc1[N+](=O)[O-]. The molecule has 0 aliphatic rings. The number of carbonyl (C=O) groups excluding carboxylic acids is 2. The van der Waals surface area contributed by atoms with E-state index >= 15 is 0 Å². The van der Waals surface area contributed by atoms with Crippen LogP contribution in [0.5, 0.6) is 0 Å². The van der Waals surface area contributed by atoms with Gasteiger partial charge in [-0.15, -0.1) is 11.8 Å². The Morgan fingerprint density at radius 1 is 1.24 bits per heavy atom. The molecule has 0 aliphatic heterocycles. The van der Waals surface area contributed by atoms with Crippen molar-refractivity contribution < 1.29 is 19.2 Å². The summed E-state index contributed by atoms with van der Waals surface area (Å²) in [5.74, 6) is -0.581. The molecule has 1 aromatic rings. The maximum Gasteiger partial charge on any atom is 0.308 e. The molecule has 1 N–H and O–H groups in total. The van der Waals surface area contributed by atoms with E-state index < -0.39 is 16.9 Å². The van der Waals surface area contributed by atoms with E-state index in [0.29, 0.717) is 0 Å². The Bertz CT molecular complexity index is 619. The largest absolute Gasteiger partial charge is 0.463 e. The van der Waals surface area contributed by atoms with Gasteiger partial charge in [-0.3, -0.25) is 19.7 Å². The standard InChI is InChI=1S/C17H24N2O5S/c1-11(2)24-17(21)9-14(18-16(20)10-25-12(3)4)13-7-5-6-8-15(13)19(22)23/h5-8,11-12,14H,9-10H2,1-4H3,(H,18,20). The van der Waals surface area contributed by atoms with Crippen LogP contribution in [0.3, 0.4) is 0 Å². The van der Waals surface area contributed by atoms with Crippen molar-refractivity contribution in [2.45, 2.75) is 51.5 Å². The number of nitrogens with zero attached hydrogens (tertiary/aromatic N) is 1. The van der Waals surface area contributed by atoms with Gasteiger partial charge in [-0.05, 0) is 19.1 Å². The van der Waals surface area contributed by atoms with Gasteiger partial charge in [-0.2, -0.15) is 0 Å². The fourth-order valence-corrected chi connectivity index (χ4v) is 2.71. The highest BCUT2D eigenvalue weighted by molar-refractivity contribution is 8.00. The molecule has 1 aromatic carbocycles. The highest BCUT2D eigenvalue weighted by Crippen LogP contribution is 2.27. The van der Waals surface area contributed by atoms with E-state index in [1.54, 1.807) is 32.0 Å². The lowest BCUT2D eigenvalue weighted by Crippen LogP contribution is -2.33. The van der Waals surface area contributed by atoms with Crippen molar-refractivity contribution in [2.75, 3.05) is 5.75 Å². The number of nitro benzene ring substituents is 1. The molecule has 0 aromatic heterocycles. The molecule has 0 saturated heterocycles. The van der Waals surface area contributed by atoms with Crippen LogP contribution in [0.25, 0.3) is 0 Å². The van der Waals surface area contributed by atoms with Crippen molar-refractivity contribution in [1.29, 1.82) is 0 Å². The van der Waals surface area contributed by atoms with Gasteiger partial charge >= 0.3 is 5.97 Å². The number of carbonyl (C=O) groups is 2. The predicted octanol–water partition coefficient (Wildman–Crippen LogP) is 3.24. The van der Waals surface area contributed by atoms with Gasteiger partial charge in [0.15, 0.2) is 0 Å². The maximum atomic E-state index is 12.2. The topological polar surface area (TPSA) is 98.5 Å². The number of para-hydroxylation sites is 1. The van der Waals surface area contributed by atoms with Crippen LogP contribution in [0, 0.1) is 10.1 Å². The minimum atomic E-state index is -0.812. The van der Waals surface area contributed by atoms with Crippen molar-refractivity contribution in [2.24, 2.45) is 0 Å². The molecule has 1 rings (SSSR count). The van der Waals surface area contributed by atoms with Gasteiger partial charge < -0.3 is 10.1 Å². The molecule has 7 nitrogen and oxygen atoms in total. The summed E-state index contributed by atoms with van der Waals surface area (Å²) in [6.07, 6.45) is -0.465. The number of amides is 1. The second-order valence-corrected chi connectivity index (χ2v) is 7.60. The molecule has 0 radical (unpaired) electrons. The molecule has 1 atom stereocenters. The van der Waals surface area contributed by atoms with E-state index in [-0.39, 0.29) is 40.7 Å². The molecule has 0 spiro atoms. The molecule has 0 aliphatic carbocycles. The average molecular weight is 368 g/mol. The number of benzene rings is 1. The summed E-state index contributed by atoms with van der Waals surface area (Å²) in [4.78, 5) is 34.9. The van der Waals surface area contributed by atoms with Crippen molar-refractivity contribution >= 4 is 29.3 Å². The lowest BCUT2D eigenvalue weighted by Gasteiger charge is -2.19. The number of hydrogen-bond donors (Lipinski definition) is 1. The second-order valence-electron chi connectivity index (χ2n) is 6.04. The summed E-state index contributed by atoms with van der Waals surface area (Å²) in [6, 6.07) is 5.26. The Morgan fingerprint density at radius 2 is 1.88 bits per heavy atom. The van der Waals surface area contributed by atoms with Crippen LogP contribution in [-0.4, -0.2) is 33.9 Å². The molecular weight excluding hydrogens is 344 g/mol. The number of thioether (sulfide) groups is 1. The molecule has 1 amide bonds. The lowest BCUT2D eigenvalue weighted by atomic mass is 10.0. The molecule has 8 heteroatoms. The van der Waals surface area contributed by atoms with Gasteiger partial charge in [-0.25, -0.2) is 0 Å². The molecule has 0 saturated carbocycles. The molecule has 1 unspecified atom stereocenters. The van der Waals surface area contributed by atoms with Gasteiger partial charge in [0.1, 0.15) is 0 Å². The molecule has 0 fully saturated rings. The van der Waals surface area contributed by atoms with Crippen molar-refractivity contribution in [3.05, 3.63) is 39.9 Å². The van der Waals surface area contributed by atoms with E-state index in [4.69, 9.17) is 4.74 Å². The van der Waals surface area contributed by atoms with E-state index in [1.165, 1.54) is 17.8 Å². The smallest absolute Gasteiger partial charge is 0.308 e.